The van der Waals surface area contributed by atoms with Gasteiger partial charge in [-0.3, -0.25) is 4.79 Å². The van der Waals surface area contributed by atoms with Crippen LogP contribution in [-0.2, 0) is 13.0 Å². The minimum Gasteiger partial charge on any atom is -0.493 e. The number of rotatable bonds is 6. The zero-order valence-corrected chi connectivity index (χ0v) is 18.3. The van der Waals surface area contributed by atoms with Crippen LogP contribution in [0.15, 0.2) is 42.5 Å². The highest BCUT2D eigenvalue weighted by molar-refractivity contribution is 7.17. The molecule has 0 saturated carbocycles. The third-order valence-electron chi connectivity index (χ3n) is 5.34. The van der Waals surface area contributed by atoms with Crippen LogP contribution in [0.1, 0.15) is 31.2 Å². The summed E-state index contributed by atoms with van der Waals surface area (Å²) >= 11 is 1.25. The molecular formula is C23H21FN2O5S. The Morgan fingerprint density at radius 2 is 1.81 bits per heavy atom. The monoisotopic (exact) mass is 456 g/mol. The Morgan fingerprint density at radius 1 is 1.09 bits per heavy atom. The quantitative estimate of drug-likeness (QED) is 0.571. The van der Waals surface area contributed by atoms with Gasteiger partial charge in [-0.1, -0.05) is 0 Å². The fourth-order valence-corrected chi connectivity index (χ4v) is 4.99. The van der Waals surface area contributed by atoms with E-state index in [1.165, 1.54) is 37.7 Å². The van der Waals surface area contributed by atoms with Gasteiger partial charge in [-0.15, -0.1) is 11.3 Å². The number of anilines is 2. The smallest absolute Gasteiger partial charge is 0.339 e. The first kappa shape index (κ1) is 21.6. The molecule has 0 fully saturated rings. The number of carbonyl (C=O) groups excluding carboxylic acids is 1. The fourth-order valence-electron chi connectivity index (χ4n) is 3.74. The van der Waals surface area contributed by atoms with E-state index in [0.717, 1.165) is 16.1 Å². The van der Waals surface area contributed by atoms with Crippen molar-refractivity contribution in [3.8, 4) is 11.5 Å². The average molecular weight is 456 g/mol. The number of methoxy groups -OCH3 is 2. The summed E-state index contributed by atoms with van der Waals surface area (Å²) in [6, 6.07) is 10.9. The largest absolute Gasteiger partial charge is 0.493 e. The van der Waals surface area contributed by atoms with E-state index in [-0.39, 0.29) is 11.4 Å². The van der Waals surface area contributed by atoms with Gasteiger partial charge in [0.05, 0.1) is 26.3 Å². The first-order chi connectivity index (χ1) is 15.4. The molecule has 1 aliphatic heterocycles. The summed E-state index contributed by atoms with van der Waals surface area (Å²) in [5, 5.41) is 12.9. The van der Waals surface area contributed by atoms with Crippen LogP contribution in [-0.4, -0.2) is 37.7 Å². The summed E-state index contributed by atoms with van der Waals surface area (Å²) < 4.78 is 23.7. The van der Waals surface area contributed by atoms with Gasteiger partial charge in [0, 0.05) is 22.7 Å². The van der Waals surface area contributed by atoms with E-state index in [1.807, 2.05) is 0 Å². The molecule has 0 spiro atoms. The van der Waals surface area contributed by atoms with Crippen LogP contribution >= 0.6 is 11.3 Å². The molecule has 166 valence electrons. The highest BCUT2D eigenvalue weighted by Crippen LogP contribution is 2.39. The van der Waals surface area contributed by atoms with Crippen molar-refractivity contribution in [2.24, 2.45) is 0 Å². The number of benzene rings is 2. The second kappa shape index (κ2) is 8.88. The highest BCUT2D eigenvalue weighted by atomic mass is 32.1. The molecule has 1 aromatic heterocycles. The molecule has 3 aromatic rings. The number of ether oxygens (including phenoxy) is 2. The lowest BCUT2D eigenvalue weighted by molar-refractivity contribution is 0.0697. The molecule has 2 heterocycles. The molecule has 2 aromatic carbocycles. The molecule has 1 aliphatic rings. The Morgan fingerprint density at radius 3 is 2.47 bits per heavy atom. The number of hydrogen-bond acceptors (Lipinski definition) is 6. The topological polar surface area (TPSA) is 88.1 Å². The van der Waals surface area contributed by atoms with Crippen molar-refractivity contribution < 1.29 is 28.6 Å². The van der Waals surface area contributed by atoms with E-state index in [9.17, 15) is 19.1 Å². The molecule has 0 atom stereocenters. The lowest BCUT2D eigenvalue weighted by atomic mass is 10.0. The molecule has 0 bridgehead atoms. The Bertz CT molecular complexity index is 1180. The van der Waals surface area contributed by atoms with E-state index in [0.29, 0.717) is 41.6 Å². The van der Waals surface area contributed by atoms with E-state index < -0.39 is 11.9 Å². The van der Waals surface area contributed by atoms with E-state index >= 15 is 0 Å². The molecule has 4 rings (SSSR count). The number of carboxylic acid groups (broad SMARTS) is 1. The molecule has 2 N–H and O–H groups in total. The SMILES string of the molecule is COc1ccc(C(=O)Nc2sc3c(c2C(=O)O)CCN(c2ccc(F)cc2)C3)cc1OC. The molecule has 0 unspecified atom stereocenters. The number of amides is 1. The number of carbonyl (C=O) groups is 2. The third-order valence-corrected chi connectivity index (χ3v) is 6.47. The lowest BCUT2D eigenvalue weighted by Gasteiger charge is -2.29. The lowest BCUT2D eigenvalue weighted by Crippen LogP contribution is -2.30. The molecule has 9 heteroatoms. The minimum absolute atomic E-state index is 0.123. The second-order valence-electron chi connectivity index (χ2n) is 7.18. The van der Waals surface area contributed by atoms with Crippen LogP contribution in [0, 0.1) is 5.82 Å². The highest BCUT2D eigenvalue weighted by Gasteiger charge is 2.29. The number of nitrogens with one attached hydrogen (secondary N) is 1. The number of carboxylic acids is 1. The van der Waals surface area contributed by atoms with E-state index in [1.54, 1.807) is 30.3 Å². The number of hydrogen-bond donors (Lipinski definition) is 2. The van der Waals surface area contributed by atoms with Crippen molar-refractivity contribution in [2.75, 3.05) is 31.0 Å². The van der Waals surface area contributed by atoms with Crippen LogP contribution in [0.2, 0.25) is 0 Å². The molecule has 1 amide bonds. The predicted octanol–water partition coefficient (Wildman–Crippen LogP) is 4.42. The molecule has 0 aliphatic carbocycles. The number of aromatic carboxylic acids is 1. The van der Waals surface area contributed by atoms with Crippen molar-refractivity contribution in [3.63, 3.8) is 0 Å². The number of halogens is 1. The molecule has 0 radical (unpaired) electrons. The number of nitrogens with zero attached hydrogens (tertiary/aromatic N) is 1. The Balaban J connectivity index is 1.61. The van der Waals surface area contributed by atoms with Crippen LogP contribution < -0.4 is 19.7 Å². The zero-order valence-electron chi connectivity index (χ0n) is 17.5. The van der Waals surface area contributed by atoms with Gasteiger partial charge < -0.3 is 24.8 Å². The van der Waals surface area contributed by atoms with Crippen LogP contribution in [0.4, 0.5) is 15.1 Å². The van der Waals surface area contributed by atoms with Gasteiger partial charge >= 0.3 is 5.97 Å². The maximum absolute atomic E-state index is 13.3. The van der Waals surface area contributed by atoms with Crippen LogP contribution in [0.25, 0.3) is 0 Å². The normalized spacial score (nSPS) is 12.8. The second-order valence-corrected chi connectivity index (χ2v) is 8.29. The number of thiophene rings is 1. The zero-order chi connectivity index (χ0) is 22.8. The summed E-state index contributed by atoms with van der Waals surface area (Å²) in [5.41, 5.74) is 2.03. The predicted molar refractivity (Wildman–Crippen MR) is 120 cm³/mol. The first-order valence-corrected chi connectivity index (χ1v) is 10.6. The van der Waals surface area contributed by atoms with Gasteiger partial charge in [0.15, 0.2) is 11.5 Å². The van der Waals surface area contributed by atoms with Crippen LogP contribution in [0.5, 0.6) is 11.5 Å². The summed E-state index contributed by atoms with van der Waals surface area (Å²) in [5.74, 6) is -0.944. The van der Waals surface area contributed by atoms with E-state index in [4.69, 9.17) is 9.47 Å². The maximum Gasteiger partial charge on any atom is 0.339 e. The number of fused-ring (bicyclic) bond motifs is 1. The van der Waals surface area contributed by atoms with E-state index in [2.05, 4.69) is 10.2 Å². The van der Waals surface area contributed by atoms with Crippen molar-refractivity contribution in [1.29, 1.82) is 0 Å². The minimum atomic E-state index is -1.08. The van der Waals surface area contributed by atoms with Crippen LogP contribution in [0.3, 0.4) is 0 Å². The molecular weight excluding hydrogens is 435 g/mol. The summed E-state index contributed by atoms with van der Waals surface area (Å²) in [4.78, 5) is 27.8. The summed E-state index contributed by atoms with van der Waals surface area (Å²) in [6.07, 6.45) is 0.511. The van der Waals surface area contributed by atoms with Gasteiger partial charge in [-0.05, 0) is 54.4 Å². The average Bonchev–Trinajstić information content (AvgIpc) is 3.16. The van der Waals surface area contributed by atoms with Gasteiger partial charge in [-0.25, -0.2) is 9.18 Å². The molecule has 32 heavy (non-hydrogen) atoms. The standard InChI is InChI=1S/C23H21FN2O5S/c1-30-17-8-3-13(11-18(17)31-2)21(27)25-22-20(23(28)29)16-9-10-26(12-19(16)32-22)15-6-4-14(24)5-7-15/h3-8,11H,9-10,12H2,1-2H3,(H,25,27)(H,28,29). The Labute approximate surface area is 188 Å². The van der Waals surface area contributed by atoms with Gasteiger partial charge in [0.2, 0.25) is 0 Å². The summed E-state index contributed by atoms with van der Waals surface area (Å²) in [7, 11) is 2.98. The van der Waals surface area contributed by atoms with Crippen molar-refractivity contribution in [1.82, 2.24) is 0 Å². The third kappa shape index (κ3) is 4.11. The van der Waals surface area contributed by atoms with Crippen molar-refractivity contribution >= 4 is 33.9 Å². The van der Waals surface area contributed by atoms with Gasteiger partial charge in [0.25, 0.3) is 5.91 Å². The Kier molecular flexibility index (Phi) is 6.00. The Hall–Kier alpha value is -3.59. The molecule has 0 saturated heterocycles. The van der Waals surface area contributed by atoms with Crippen molar-refractivity contribution in [3.05, 3.63) is 69.8 Å². The van der Waals surface area contributed by atoms with Crippen molar-refractivity contribution in [2.45, 2.75) is 13.0 Å². The van der Waals surface area contributed by atoms with Gasteiger partial charge in [0.1, 0.15) is 10.8 Å². The molecule has 7 nitrogen and oxygen atoms in total. The van der Waals surface area contributed by atoms with Gasteiger partial charge in [-0.2, -0.15) is 0 Å². The first-order valence-electron chi connectivity index (χ1n) is 9.83. The summed E-state index contributed by atoms with van der Waals surface area (Å²) in [6.45, 7) is 1.08. The maximum atomic E-state index is 13.3. The fraction of sp³-hybridized carbons (Fsp3) is 0.217.